The number of phosphoric ester groups is 1. The van der Waals surface area contributed by atoms with Crippen LogP contribution in [0.4, 0.5) is 0 Å². The van der Waals surface area contributed by atoms with Crippen LogP contribution < -0.4 is 4.89 Å². The van der Waals surface area contributed by atoms with Crippen LogP contribution in [0.2, 0.25) is 0 Å². The molecule has 0 radical (unpaired) electrons. The van der Waals surface area contributed by atoms with Gasteiger partial charge in [0.05, 0.1) is 27.7 Å². The first-order valence-electron chi connectivity index (χ1n) is 38.3. The van der Waals surface area contributed by atoms with E-state index < -0.39 is 26.5 Å². The van der Waals surface area contributed by atoms with Crippen LogP contribution in [-0.4, -0.2) is 70.0 Å². The lowest BCUT2D eigenvalue weighted by Gasteiger charge is -2.28. The average molecular weight is 1260 g/mol. The van der Waals surface area contributed by atoms with Crippen molar-refractivity contribution in [1.29, 1.82) is 0 Å². The molecule has 0 aromatic heterocycles. The Kier molecular flexibility index (Phi) is 67.7. The van der Waals surface area contributed by atoms with Gasteiger partial charge in [0, 0.05) is 12.8 Å². The predicted octanol–water partition coefficient (Wildman–Crippen LogP) is 24.5. The highest BCUT2D eigenvalue weighted by Gasteiger charge is 2.22. The number of unbranched alkanes of at least 4 members (excludes halogenated alkanes) is 50. The van der Waals surface area contributed by atoms with E-state index in [9.17, 15) is 19.0 Å². The lowest BCUT2D eigenvalue weighted by Crippen LogP contribution is -2.37. The maximum atomic E-state index is 12.9. The smallest absolute Gasteiger partial charge is 0.306 e. The molecule has 0 aromatic rings. The van der Waals surface area contributed by atoms with Gasteiger partial charge in [0.15, 0.2) is 6.10 Å². The Hall–Kier alpha value is -2.03. The molecule has 0 aliphatic rings. The van der Waals surface area contributed by atoms with Crippen molar-refractivity contribution in [2.45, 2.75) is 392 Å². The number of nitrogens with zero attached hydrogens (tertiary/aromatic N) is 1. The van der Waals surface area contributed by atoms with Crippen molar-refractivity contribution >= 4 is 19.8 Å². The van der Waals surface area contributed by atoms with E-state index in [1.54, 1.807) is 0 Å². The van der Waals surface area contributed by atoms with E-state index in [4.69, 9.17) is 18.5 Å². The lowest BCUT2D eigenvalue weighted by molar-refractivity contribution is -0.870. The van der Waals surface area contributed by atoms with Crippen molar-refractivity contribution in [3.63, 3.8) is 0 Å². The van der Waals surface area contributed by atoms with E-state index in [2.05, 4.69) is 62.5 Å². The Labute approximate surface area is 547 Å². The van der Waals surface area contributed by atoms with Gasteiger partial charge in [-0.15, -0.1) is 0 Å². The molecule has 10 heteroatoms. The Balaban J connectivity index is 3.91. The van der Waals surface area contributed by atoms with Crippen molar-refractivity contribution in [2.75, 3.05) is 47.5 Å². The normalized spacial score (nSPS) is 13.3. The van der Waals surface area contributed by atoms with Crippen LogP contribution in [0, 0.1) is 0 Å². The van der Waals surface area contributed by atoms with Gasteiger partial charge in [-0.2, -0.15) is 0 Å². The second-order valence-electron chi connectivity index (χ2n) is 27.4. The summed E-state index contributed by atoms with van der Waals surface area (Å²) in [5.41, 5.74) is 0. The molecule has 0 amide bonds. The lowest BCUT2D eigenvalue weighted by atomic mass is 10.0. The molecule has 9 nitrogen and oxygen atoms in total. The minimum atomic E-state index is -4.64. The zero-order chi connectivity index (χ0) is 64.1. The number of phosphoric acid groups is 1. The van der Waals surface area contributed by atoms with Crippen molar-refractivity contribution in [3.05, 3.63) is 48.6 Å². The molecule has 0 aliphatic heterocycles. The second kappa shape index (κ2) is 69.3. The Bertz CT molecular complexity index is 1620. The third-order valence-electron chi connectivity index (χ3n) is 17.4. The molecule has 0 spiro atoms. The minimum Gasteiger partial charge on any atom is -0.756 e. The van der Waals surface area contributed by atoms with Crippen LogP contribution >= 0.6 is 7.82 Å². The van der Waals surface area contributed by atoms with Crippen LogP contribution in [0.25, 0.3) is 0 Å². The number of esters is 2. The number of hydrogen-bond acceptors (Lipinski definition) is 8. The average Bonchev–Trinajstić information content (AvgIpc) is 3.60. The third kappa shape index (κ3) is 73.0. The van der Waals surface area contributed by atoms with Crippen molar-refractivity contribution in [3.8, 4) is 0 Å². The van der Waals surface area contributed by atoms with E-state index in [0.717, 1.165) is 64.2 Å². The van der Waals surface area contributed by atoms with Gasteiger partial charge in [0.2, 0.25) is 0 Å². The summed E-state index contributed by atoms with van der Waals surface area (Å²) in [5.74, 6) is -0.814. The van der Waals surface area contributed by atoms with E-state index in [1.165, 1.54) is 289 Å². The molecule has 0 rings (SSSR count). The molecule has 88 heavy (non-hydrogen) atoms. The molecule has 0 saturated carbocycles. The number of quaternary nitrogens is 1. The molecule has 0 fully saturated rings. The first-order chi connectivity index (χ1) is 43.0. The SMILES string of the molecule is CC/C=C\C/C=C\C/C=C\C/C=C\CCCCCCCCCCCCCCCCC(=O)OC(COC(=O)CCCCCCCCCCCCCCCCCCCCCCCCCCCCCCCCCCCCCCC)COP(=O)([O-])OCC[N+](C)(C)C. The molecule has 518 valence electrons. The Morgan fingerprint density at radius 1 is 0.364 bits per heavy atom. The maximum absolute atomic E-state index is 12.9. The van der Waals surface area contributed by atoms with Gasteiger partial charge >= 0.3 is 11.9 Å². The highest BCUT2D eigenvalue weighted by molar-refractivity contribution is 7.45. The molecule has 2 atom stereocenters. The van der Waals surface area contributed by atoms with Crippen molar-refractivity contribution < 1.29 is 42.1 Å². The molecular formula is C78H148NO8P. The van der Waals surface area contributed by atoms with E-state index in [-0.39, 0.29) is 32.0 Å². The first-order valence-corrected chi connectivity index (χ1v) is 39.8. The number of likely N-dealkylation sites (N-methyl/N-ethyl adjacent to an activating group) is 1. The number of ether oxygens (including phenoxy) is 2. The number of carbonyl (C=O) groups excluding carboxylic acids is 2. The fourth-order valence-electron chi connectivity index (χ4n) is 11.5. The first kappa shape index (κ1) is 86.0. The number of rotatable bonds is 72. The van der Waals surface area contributed by atoms with E-state index in [1.807, 2.05) is 21.1 Å². The standard InChI is InChI=1S/C78H148NO8P/c1-6-8-10-12-14-16-18-20-22-24-26-28-30-32-34-35-36-37-38-39-40-41-42-43-45-46-48-50-52-54-56-58-60-62-64-66-68-70-77(80)84-74-76(75-86-88(82,83)85-73-72-79(3,4)5)87-78(81)71-69-67-65-63-61-59-57-55-53-51-49-47-44-33-31-29-27-25-23-21-19-17-15-13-11-9-7-2/h9,11,15,17,21,23,27,29,76H,6-8,10,12-14,16,18-20,22,24-26,28,30-75H2,1-5H3/b11-9-,17-15-,23-21-,29-27-. The van der Waals surface area contributed by atoms with Crippen LogP contribution in [0.3, 0.4) is 0 Å². The zero-order valence-electron chi connectivity index (χ0n) is 59.2. The van der Waals surface area contributed by atoms with Gasteiger partial charge < -0.3 is 27.9 Å². The van der Waals surface area contributed by atoms with Crippen LogP contribution in [0.1, 0.15) is 386 Å². The van der Waals surface area contributed by atoms with Gasteiger partial charge in [0.1, 0.15) is 19.8 Å². The molecular weight excluding hydrogens is 1110 g/mol. The molecule has 2 unspecified atom stereocenters. The fraction of sp³-hybridized carbons (Fsp3) is 0.872. The monoisotopic (exact) mass is 1260 g/mol. The van der Waals surface area contributed by atoms with Crippen LogP contribution in [0.15, 0.2) is 48.6 Å². The minimum absolute atomic E-state index is 0.0293. The quantitative estimate of drug-likeness (QED) is 0.0195. The largest absolute Gasteiger partial charge is 0.756 e. The summed E-state index contributed by atoms with van der Waals surface area (Å²) in [6.07, 6.45) is 90.9. The molecule has 0 aliphatic carbocycles. The molecule has 0 bridgehead atoms. The molecule has 0 N–H and O–H groups in total. The predicted molar refractivity (Wildman–Crippen MR) is 379 cm³/mol. The summed E-state index contributed by atoms with van der Waals surface area (Å²) in [6, 6.07) is 0. The number of hydrogen-bond donors (Lipinski definition) is 0. The van der Waals surface area contributed by atoms with Gasteiger partial charge in [-0.05, 0) is 51.4 Å². The summed E-state index contributed by atoms with van der Waals surface area (Å²) in [7, 11) is 1.18. The zero-order valence-corrected chi connectivity index (χ0v) is 60.1. The second-order valence-corrected chi connectivity index (χ2v) is 28.8. The van der Waals surface area contributed by atoms with Gasteiger partial charge in [0.25, 0.3) is 7.82 Å². The van der Waals surface area contributed by atoms with E-state index >= 15 is 0 Å². The molecule has 0 heterocycles. The topological polar surface area (TPSA) is 111 Å². The maximum Gasteiger partial charge on any atom is 0.306 e. The molecule has 0 aromatic carbocycles. The summed E-state index contributed by atoms with van der Waals surface area (Å²) in [6.45, 7) is 4.20. The van der Waals surface area contributed by atoms with Gasteiger partial charge in [-0.25, -0.2) is 0 Å². The molecule has 0 saturated heterocycles. The van der Waals surface area contributed by atoms with Crippen molar-refractivity contribution in [1.82, 2.24) is 0 Å². The van der Waals surface area contributed by atoms with Crippen LogP contribution in [-0.2, 0) is 32.7 Å². The summed E-state index contributed by atoms with van der Waals surface area (Å²) in [4.78, 5) is 38.1. The fourth-order valence-corrected chi connectivity index (χ4v) is 12.3. The Morgan fingerprint density at radius 2 is 0.648 bits per heavy atom. The summed E-state index contributed by atoms with van der Waals surface area (Å²) >= 11 is 0. The Morgan fingerprint density at radius 3 is 0.966 bits per heavy atom. The van der Waals surface area contributed by atoms with Gasteiger partial charge in [-0.1, -0.05) is 371 Å². The van der Waals surface area contributed by atoms with Crippen LogP contribution in [0.5, 0.6) is 0 Å². The van der Waals surface area contributed by atoms with Gasteiger partial charge in [-0.3, -0.25) is 14.2 Å². The highest BCUT2D eigenvalue weighted by atomic mass is 31.2. The number of allylic oxidation sites excluding steroid dienone is 8. The third-order valence-corrected chi connectivity index (χ3v) is 18.3. The number of carbonyl (C=O) groups is 2. The van der Waals surface area contributed by atoms with E-state index in [0.29, 0.717) is 17.4 Å². The summed E-state index contributed by atoms with van der Waals surface area (Å²) < 4.78 is 34.4. The summed E-state index contributed by atoms with van der Waals surface area (Å²) in [5, 5.41) is 0. The van der Waals surface area contributed by atoms with Crippen molar-refractivity contribution in [2.24, 2.45) is 0 Å². The highest BCUT2D eigenvalue weighted by Crippen LogP contribution is 2.38.